The zero-order valence-electron chi connectivity index (χ0n) is 18.0. The van der Waals surface area contributed by atoms with E-state index in [0.717, 1.165) is 37.6 Å². The van der Waals surface area contributed by atoms with E-state index in [1.807, 2.05) is 18.2 Å². The van der Waals surface area contributed by atoms with Crippen molar-refractivity contribution in [2.75, 3.05) is 65.1 Å². The first kappa shape index (κ1) is 22.6. The lowest BCUT2D eigenvalue weighted by Crippen LogP contribution is -2.46. The SMILES string of the molecule is COCCNC(=O)COc1coc(CN2CCN(c3ccccc3OC)CC2)cc1=O. The third kappa shape index (κ3) is 6.47. The summed E-state index contributed by atoms with van der Waals surface area (Å²) >= 11 is 0. The minimum atomic E-state index is -0.326. The third-order valence-corrected chi connectivity index (χ3v) is 5.02. The van der Waals surface area contributed by atoms with Crippen LogP contribution in [0.5, 0.6) is 11.5 Å². The highest BCUT2D eigenvalue weighted by atomic mass is 16.5. The number of carbonyl (C=O) groups is 1. The molecule has 3 rings (SSSR count). The molecule has 0 aliphatic carbocycles. The number of nitrogens with one attached hydrogen (secondary N) is 1. The van der Waals surface area contributed by atoms with Gasteiger partial charge in [0.05, 0.1) is 25.9 Å². The fourth-order valence-electron chi connectivity index (χ4n) is 3.37. The highest BCUT2D eigenvalue weighted by Gasteiger charge is 2.20. The molecule has 1 fully saturated rings. The molecule has 2 aromatic rings. The molecular weight excluding hydrogens is 402 g/mol. The second-order valence-electron chi connectivity index (χ2n) is 7.14. The van der Waals surface area contributed by atoms with Gasteiger partial charge in [-0.15, -0.1) is 0 Å². The second-order valence-corrected chi connectivity index (χ2v) is 7.14. The van der Waals surface area contributed by atoms with Crippen molar-refractivity contribution in [2.24, 2.45) is 0 Å². The van der Waals surface area contributed by atoms with E-state index in [4.69, 9.17) is 18.6 Å². The molecule has 168 valence electrons. The fourth-order valence-corrected chi connectivity index (χ4v) is 3.37. The molecule has 2 heterocycles. The van der Waals surface area contributed by atoms with E-state index in [-0.39, 0.29) is 23.7 Å². The lowest BCUT2D eigenvalue weighted by atomic mass is 10.2. The number of rotatable bonds is 10. The van der Waals surface area contributed by atoms with Crippen LogP contribution in [0.25, 0.3) is 0 Å². The van der Waals surface area contributed by atoms with E-state index < -0.39 is 0 Å². The topological polar surface area (TPSA) is 93.5 Å². The van der Waals surface area contributed by atoms with Crippen LogP contribution in [0, 0.1) is 0 Å². The molecule has 0 unspecified atom stereocenters. The van der Waals surface area contributed by atoms with Gasteiger partial charge in [0.15, 0.2) is 6.61 Å². The largest absolute Gasteiger partial charge is 0.495 e. The summed E-state index contributed by atoms with van der Waals surface area (Å²) in [5.74, 6) is 1.12. The van der Waals surface area contributed by atoms with Gasteiger partial charge in [-0.2, -0.15) is 0 Å². The molecule has 1 amide bonds. The first-order chi connectivity index (χ1) is 15.1. The van der Waals surface area contributed by atoms with Crippen LogP contribution in [0.2, 0.25) is 0 Å². The number of hydrogen-bond donors (Lipinski definition) is 1. The van der Waals surface area contributed by atoms with Gasteiger partial charge in [-0.25, -0.2) is 0 Å². The Bertz CT molecular complexity index is 908. The summed E-state index contributed by atoms with van der Waals surface area (Å²) in [6, 6.07) is 9.41. The summed E-state index contributed by atoms with van der Waals surface area (Å²) in [7, 11) is 3.23. The summed E-state index contributed by atoms with van der Waals surface area (Å²) in [6.07, 6.45) is 1.27. The standard InChI is InChI=1S/C22H29N3O6/c1-28-12-7-23-22(27)16-31-21-15-30-17(13-19(21)26)14-24-8-10-25(11-9-24)18-5-3-4-6-20(18)29-2/h3-6,13,15H,7-12,14,16H2,1-2H3,(H,23,27). The van der Waals surface area contributed by atoms with Crippen molar-refractivity contribution in [3.8, 4) is 11.5 Å². The molecule has 9 heteroatoms. The molecule has 31 heavy (non-hydrogen) atoms. The maximum Gasteiger partial charge on any atom is 0.258 e. The Morgan fingerprint density at radius 2 is 1.90 bits per heavy atom. The van der Waals surface area contributed by atoms with Gasteiger partial charge in [0.2, 0.25) is 11.2 Å². The molecule has 0 bridgehead atoms. The number of ether oxygens (including phenoxy) is 3. The number of amides is 1. The second kappa shape index (κ2) is 11.4. The van der Waals surface area contributed by atoms with Crippen LogP contribution in [0.1, 0.15) is 5.76 Å². The van der Waals surface area contributed by atoms with Crippen molar-refractivity contribution in [1.29, 1.82) is 0 Å². The molecule has 0 saturated carbocycles. The highest BCUT2D eigenvalue weighted by molar-refractivity contribution is 5.77. The van der Waals surface area contributed by atoms with Crippen molar-refractivity contribution in [1.82, 2.24) is 10.2 Å². The van der Waals surface area contributed by atoms with E-state index in [9.17, 15) is 9.59 Å². The summed E-state index contributed by atoms with van der Waals surface area (Å²) < 4.78 is 21.1. The molecule has 0 spiro atoms. The quantitative estimate of drug-likeness (QED) is 0.560. The average Bonchev–Trinajstić information content (AvgIpc) is 2.79. The van der Waals surface area contributed by atoms with Crippen LogP contribution in [-0.4, -0.2) is 71.0 Å². The molecule has 0 atom stereocenters. The first-order valence-corrected chi connectivity index (χ1v) is 10.2. The van der Waals surface area contributed by atoms with Crippen LogP contribution in [0.3, 0.4) is 0 Å². The minimum absolute atomic E-state index is 0.0200. The van der Waals surface area contributed by atoms with Crippen molar-refractivity contribution in [3.63, 3.8) is 0 Å². The molecule has 1 N–H and O–H groups in total. The predicted molar refractivity (Wildman–Crippen MR) is 116 cm³/mol. The average molecular weight is 431 g/mol. The van der Waals surface area contributed by atoms with Crippen LogP contribution in [0.15, 0.2) is 45.8 Å². The highest BCUT2D eigenvalue weighted by Crippen LogP contribution is 2.28. The smallest absolute Gasteiger partial charge is 0.258 e. The molecule has 1 aromatic heterocycles. The number of hydrogen-bond acceptors (Lipinski definition) is 8. The Kier molecular flexibility index (Phi) is 8.31. The molecule has 1 saturated heterocycles. The van der Waals surface area contributed by atoms with E-state index in [2.05, 4.69) is 21.2 Å². The van der Waals surface area contributed by atoms with E-state index in [1.54, 1.807) is 14.2 Å². The van der Waals surface area contributed by atoms with Crippen LogP contribution < -0.4 is 25.1 Å². The lowest BCUT2D eigenvalue weighted by Gasteiger charge is -2.36. The number of benzene rings is 1. The third-order valence-electron chi connectivity index (χ3n) is 5.02. The predicted octanol–water partition coefficient (Wildman–Crippen LogP) is 1.11. The maximum atomic E-state index is 12.3. The first-order valence-electron chi connectivity index (χ1n) is 10.2. The van der Waals surface area contributed by atoms with Gasteiger partial charge in [0, 0.05) is 45.9 Å². The van der Waals surface area contributed by atoms with E-state index in [1.165, 1.54) is 12.3 Å². The Hall–Kier alpha value is -3.04. The summed E-state index contributed by atoms with van der Waals surface area (Å²) in [4.78, 5) is 28.5. The molecular formula is C22H29N3O6. The lowest BCUT2D eigenvalue weighted by molar-refractivity contribution is -0.123. The van der Waals surface area contributed by atoms with Crippen LogP contribution in [0.4, 0.5) is 5.69 Å². The van der Waals surface area contributed by atoms with Gasteiger partial charge in [-0.05, 0) is 12.1 Å². The minimum Gasteiger partial charge on any atom is -0.495 e. The summed E-state index contributed by atoms with van der Waals surface area (Å²) in [5.41, 5.74) is 0.780. The molecule has 1 aliphatic heterocycles. The molecule has 0 radical (unpaired) electrons. The van der Waals surface area contributed by atoms with Crippen molar-refractivity contribution in [2.45, 2.75) is 6.54 Å². The Morgan fingerprint density at radius 3 is 2.61 bits per heavy atom. The zero-order chi connectivity index (χ0) is 22.1. The number of piperazine rings is 1. The van der Waals surface area contributed by atoms with Gasteiger partial charge in [-0.3, -0.25) is 14.5 Å². The van der Waals surface area contributed by atoms with Gasteiger partial charge >= 0.3 is 0 Å². The van der Waals surface area contributed by atoms with Crippen LogP contribution in [-0.2, 0) is 16.1 Å². The molecule has 9 nitrogen and oxygen atoms in total. The maximum absolute atomic E-state index is 12.3. The summed E-state index contributed by atoms with van der Waals surface area (Å²) in [6.45, 7) is 4.45. The normalized spacial score (nSPS) is 14.3. The number of carbonyl (C=O) groups excluding carboxylic acids is 1. The van der Waals surface area contributed by atoms with Crippen LogP contribution >= 0.6 is 0 Å². The Balaban J connectivity index is 1.48. The van der Waals surface area contributed by atoms with Gasteiger partial charge in [0.1, 0.15) is 17.8 Å². The van der Waals surface area contributed by atoms with Gasteiger partial charge < -0.3 is 28.8 Å². The van der Waals surface area contributed by atoms with Crippen molar-refractivity contribution in [3.05, 3.63) is 52.6 Å². The Morgan fingerprint density at radius 1 is 1.13 bits per heavy atom. The van der Waals surface area contributed by atoms with Crippen molar-refractivity contribution >= 4 is 11.6 Å². The Labute approximate surface area is 181 Å². The number of methoxy groups -OCH3 is 2. The van der Waals surface area contributed by atoms with Gasteiger partial charge in [0.25, 0.3) is 5.91 Å². The molecule has 1 aliphatic rings. The monoisotopic (exact) mass is 431 g/mol. The zero-order valence-corrected chi connectivity index (χ0v) is 18.0. The summed E-state index contributed by atoms with van der Waals surface area (Å²) in [5, 5.41) is 2.62. The van der Waals surface area contributed by atoms with Crippen molar-refractivity contribution < 1.29 is 23.4 Å². The number of para-hydroxylation sites is 2. The molecule has 1 aromatic carbocycles. The fraction of sp³-hybridized carbons (Fsp3) is 0.455. The van der Waals surface area contributed by atoms with Gasteiger partial charge in [-0.1, -0.05) is 12.1 Å². The number of anilines is 1. The van der Waals surface area contributed by atoms with E-state index in [0.29, 0.717) is 25.5 Å². The van der Waals surface area contributed by atoms with E-state index >= 15 is 0 Å². The number of nitrogens with zero attached hydrogens (tertiary/aromatic N) is 2.